The van der Waals surface area contributed by atoms with Gasteiger partial charge in [-0.3, -0.25) is 0 Å². The van der Waals surface area contributed by atoms with E-state index in [9.17, 15) is 0 Å². The second-order valence-electron chi connectivity index (χ2n) is 3.61. The van der Waals surface area contributed by atoms with E-state index in [-0.39, 0.29) is 0 Å². The fraction of sp³-hybridized carbons (Fsp3) is 0.800. The number of nitrogens with zero attached hydrogens (tertiary/aromatic N) is 1. The zero-order chi connectivity index (χ0) is 8.27. The van der Waals surface area contributed by atoms with Gasteiger partial charge < -0.3 is 4.90 Å². The number of piperidine rings is 1. The molecule has 1 aliphatic heterocycles. The highest BCUT2D eigenvalue weighted by atomic mass is 15.1. The van der Waals surface area contributed by atoms with Crippen molar-refractivity contribution in [2.75, 3.05) is 20.1 Å². The van der Waals surface area contributed by atoms with Gasteiger partial charge in [-0.1, -0.05) is 11.6 Å². The number of hydrogen-bond acceptors (Lipinski definition) is 1. The maximum absolute atomic E-state index is 2.42. The van der Waals surface area contributed by atoms with Gasteiger partial charge in [-0.05, 0) is 52.7 Å². The Balaban J connectivity index is 2.39. The van der Waals surface area contributed by atoms with Gasteiger partial charge >= 0.3 is 0 Å². The molecule has 0 aromatic heterocycles. The van der Waals surface area contributed by atoms with E-state index in [2.05, 4.69) is 31.9 Å². The van der Waals surface area contributed by atoms with Crippen LogP contribution in [0.15, 0.2) is 11.6 Å². The number of hydrogen-bond donors (Lipinski definition) is 0. The van der Waals surface area contributed by atoms with Crippen molar-refractivity contribution in [3.05, 3.63) is 11.6 Å². The molecule has 1 heteroatoms. The van der Waals surface area contributed by atoms with Crippen LogP contribution in [0.2, 0.25) is 0 Å². The van der Waals surface area contributed by atoms with Crippen molar-refractivity contribution in [1.82, 2.24) is 4.90 Å². The number of likely N-dealkylation sites (tertiary alicyclic amines) is 1. The fourth-order valence-electron chi connectivity index (χ4n) is 1.70. The van der Waals surface area contributed by atoms with E-state index in [1.54, 1.807) is 5.57 Å². The Labute approximate surface area is 70.1 Å². The lowest BCUT2D eigenvalue weighted by Gasteiger charge is -2.29. The third kappa shape index (κ3) is 2.33. The van der Waals surface area contributed by atoms with Crippen LogP contribution in [0.3, 0.4) is 0 Å². The van der Waals surface area contributed by atoms with Crippen LogP contribution in [-0.2, 0) is 0 Å². The first-order valence-corrected chi connectivity index (χ1v) is 4.55. The Morgan fingerprint density at radius 2 is 1.91 bits per heavy atom. The highest BCUT2D eigenvalue weighted by Gasteiger charge is 2.16. The van der Waals surface area contributed by atoms with Gasteiger partial charge in [0.25, 0.3) is 0 Å². The summed E-state index contributed by atoms with van der Waals surface area (Å²) < 4.78 is 0. The van der Waals surface area contributed by atoms with E-state index in [0.29, 0.717) is 0 Å². The standard InChI is InChI=1S/C10H19N/c1-4-9(2)10-5-7-11(3)8-6-10/h4,10H,5-8H2,1-3H3/b9-4-. The van der Waals surface area contributed by atoms with Crippen molar-refractivity contribution < 1.29 is 0 Å². The smallest absolute Gasteiger partial charge is 0.00161 e. The van der Waals surface area contributed by atoms with Gasteiger partial charge in [0.2, 0.25) is 0 Å². The monoisotopic (exact) mass is 153 g/mol. The molecule has 0 aromatic rings. The summed E-state index contributed by atoms with van der Waals surface area (Å²) in [4.78, 5) is 2.42. The first-order chi connectivity index (χ1) is 5.24. The Kier molecular flexibility index (Phi) is 3.13. The van der Waals surface area contributed by atoms with Crippen LogP contribution in [-0.4, -0.2) is 25.0 Å². The Morgan fingerprint density at radius 3 is 2.36 bits per heavy atom. The third-order valence-electron chi connectivity index (χ3n) is 2.82. The molecule has 1 saturated heterocycles. The molecule has 0 aliphatic carbocycles. The summed E-state index contributed by atoms with van der Waals surface area (Å²) in [7, 11) is 2.21. The van der Waals surface area contributed by atoms with Gasteiger partial charge in [0.1, 0.15) is 0 Å². The quantitative estimate of drug-likeness (QED) is 0.522. The highest BCUT2D eigenvalue weighted by molar-refractivity contribution is 5.02. The normalized spacial score (nSPS) is 24.1. The molecule has 0 aromatic carbocycles. The molecular weight excluding hydrogens is 134 g/mol. The molecule has 0 saturated carbocycles. The summed E-state index contributed by atoms with van der Waals surface area (Å²) in [6.45, 7) is 6.95. The van der Waals surface area contributed by atoms with Gasteiger partial charge in [-0.25, -0.2) is 0 Å². The molecule has 0 atom stereocenters. The number of rotatable bonds is 1. The van der Waals surface area contributed by atoms with Crippen molar-refractivity contribution in [1.29, 1.82) is 0 Å². The van der Waals surface area contributed by atoms with Crippen molar-refractivity contribution in [2.24, 2.45) is 5.92 Å². The van der Waals surface area contributed by atoms with Crippen LogP contribution < -0.4 is 0 Å². The van der Waals surface area contributed by atoms with E-state index in [1.165, 1.54) is 25.9 Å². The Bertz CT molecular complexity index is 141. The van der Waals surface area contributed by atoms with Crippen LogP contribution >= 0.6 is 0 Å². The summed E-state index contributed by atoms with van der Waals surface area (Å²) in [6, 6.07) is 0. The second kappa shape index (κ2) is 3.91. The van der Waals surface area contributed by atoms with E-state index in [0.717, 1.165) is 5.92 Å². The van der Waals surface area contributed by atoms with Crippen LogP contribution in [0.5, 0.6) is 0 Å². The van der Waals surface area contributed by atoms with E-state index in [1.807, 2.05) is 0 Å². The molecule has 64 valence electrons. The Morgan fingerprint density at radius 1 is 1.36 bits per heavy atom. The topological polar surface area (TPSA) is 3.24 Å². The first-order valence-electron chi connectivity index (χ1n) is 4.55. The molecule has 0 amide bonds. The zero-order valence-corrected chi connectivity index (χ0v) is 7.93. The Hall–Kier alpha value is -0.300. The predicted molar refractivity (Wildman–Crippen MR) is 49.7 cm³/mol. The molecule has 0 unspecified atom stereocenters. The van der Waals surface area contributed by atoms with Crippen LogP contribution in [0.25, 0.3) is 0 Å². The predicted octanol–water partition coefficient (Wildman–Crippen LogP) is 2.29. The van der Waals surface area contributed by atoms with E-state index < -0.39 is 0 Å². The molecule has 0 bridgehead atoms. The molecule has 1 heterocycles. The molecule has 1 fully saturated rings. The molecule has 1 rings (SSSR count). The van der Waals surface area contributed by atoms with Crippen LogP contribution in [0, 0.1) is 5.92 Å². The lowest BCUT2D eigenvalue weighted by Crippen LogP contribution is -2.30. The maximum atomic E-state index is 2.42. The first kappa shape index (κ1) is 8.79. The minimum absolute atomic E-state index is 0.871. The van der Waals surface area contributed by atoms with Crippen molar-refractivity contribution in [3.8, 4) is 0 Å². The van der Waals surface area contributed by atoms with Crippen LogP contribution in [0.1, 0.15) is 26.7 Å². The van der Waals surface area contributed by atoms with Gasteiger partial charge in [0.15, 0.2) is 0 Å². The summed E-state index contributed by atoms with van der Waals surface area (Å²) in [5.41, 5.74) is 1.58. The number of allylic oxidation sites excluding steroid dienone is 2. The van der Waals surface area contributed by atoms with Gasteiger partial charge in [0.05, 0.1) is 0 Å². The van der Waals surface area contributed by atoms with Gasteiger partial charge in [-0.15, -0.1) is 0 Å². The minimum Gasteiger partial charge on any atom is -0.306 e. The fourth-order valence-corrected chi connectivity index (χ4v) is 1.70. The highest BCUT2D eigenvalue weighted by Crippen LogP contribution is 2.22. The SMILES string of the molecule is C/C=C(/C)C1CCN(C)CC1. The lowest BCUT2D eigenvalue weighted by molar-refractivity contribution is 0.238. The third-order valence-corrected chi connectivity index (χ3v) is 2.82. The summed E-state index contributed by atoms with van der Waals surface area (Å²) in [5.74, 6) is 0.871. The van der Waals surface area contributed by atoms with Gasteiger partial charge in [-0.2, -0.15) is 0 Å². The van der Waals surface area contributed by atoms with E-state index >= 15 is 0 Å². The van der Waals surface area contributed by atoms with Crippen molar-refractivity contribution in [3.63, 3.8) is 0 Å². The zero-order valence-electron chi connectivity index (χ0n) is 7.93. The average Bonchev–Trinajstić information content (AvgIpc) is 2.05. The van der Waals surface area contributed by atoms with Crippen molar-refractivity contribution in [2.45, 2.75) is 26.7 Å². The van der Waals surface area contributed by atoms with Crippen LogP contribution in [0.4, 0.5) is 0 Å². The lowest BCUT2D eigenvalue weighted by atomic mass is 9.90. The molecule has 0 radical (unpaired) electrons. The average molecular weight is 153 g/mol. The summed E-state index contributed by atoms with van der Waals surface area (Å²) >= 11 is 0. The molecule has 0 N–H and O–H groups in total. The van der Waals surface area contributed by atoms with E-state index in [4.69, 9.17) is 0 Å². The summed E-state index contributed by atoms with van der Waals surface area (Å²) in [6.07, 6.45) is 4.97. The molecule has 1 nitrogen and oxygen atoms in total. The molecular formula is C10H19N. The molecule has 11 heavy (non-hydrogen) atoms. The molecule has 0 spiro atoms. The minimum atomic E-state index is 0.871. The maximum Gasteiger partial charge on any atom is -0.00161 e. The van der Waals surface area contributed by atoms with Gasteiger partial charge in [0, 0.05) is 0 Å². The summed E-state index contributed by atoms with van der Waals surface area (Å²) in [5, 5.41) is 0. The molecule has 1 aliphatic rings. The van der Waals surface area contributed by atoms with Crippen molar-refractivity contribution >= 4 is 0 Å². The second-order valence-corrected chi connectivity index (χ2v) is 3.61. The largest absolute Gasteiger partial charge is 0.306 e.